The number of rotatable bonds is 3. The lowest BCUT2D eigenvalue weighted by atomic mass is 9.84. The van der Waals surface area contributed by atoms with E-state index in [0.717, 1.165) is 6.42 Å². The average Bonchev–Trinajstić information content (AvgIpc) is 2.54. The second-order valence-corrected chi connectivity index (χ2v) is 3.30. The summed E-state index contributed by atoms with van der Waals surface area (Å²) in [4.78, 5) is 3.98. The summed E-state index contributed by atoms with van der Waals surface area (Å²) < 4.78 is 4.67. The molecule has 1 atom stereocenters. The van der Waals surface area contributed by atoms with Crippen LogP contribution in [0.4, 0.5) is 0 Å². The molecule has 0 saturated heterocycles. The maximum Gasteiger partial charge on any atom is 0.213 e. The Hall–Kier alpha value is -0.900. The summed E-state index contributed by atoms with van der Waals surface area (Å²) in [5.41, 5.74) is 5.67. The molecule has 0 spiro atoms. The first kappa shape index (κ1) is 9.19. The highest BCUT2D eigenvalue weighted by atomic mass is 16.5. The summed E-state index contributed by atoms with van der Waals surface area (Å²) in [7, 11) is 0. The molecule has 0 aliphatic heterocycles. The van der Waals surface area contributed by atoms with Crippen molar-refractivity contribution in [3.63, 3.8) is 0 Å². The van der Waals surface area contributed by atoms with E-state index in [-0.39, 0.29) is 0 Å². The molecule has 1 unspecified atom stereocenters. The van der Waals surface area contributed by atoms with E-state index >= 15 is 0 Å². The fraction of sp³-hybridized carbons (Fsp3) is 0.750. The third-order valence-corrected chi connectivity index (χ3v) is 2.39. The lowest BCUT2D eigenvalue weighted by molar-refractivity contribution is 0.274. The van der Waals surface area contributed by atoms with E-state index in [9.17, 15) is 0 Å². The lowest BCUT2D eigenvalue weighted by Crippen LogP contribution is -2.42. The minimum absolute atomic E-state index is 0.306. The van der Waals surface area contributed by atoms with Crippen molar-refractivity contribution < 1.29 is 4.52 Å². The zero-order valence-electron chi connectivity index (χ0n) is 7.74. The largest absolute Gasteiger partial charge is 0.343 e. The van der Waals surface area contributed by atoms with Gasteiger partial charge in [-0.3, -0.25) is 0 Å². The van der Waals surface area contributed by atoms with E-state index in [1.165, 1.54) is 6.39 Å². The Labute approximate surface area is 72.1 Å². The predicted octanol–water partition coefficient (Wildman–Crippen LogP) is 1.29. The molecule has 1 heterocycles. The van der Waals surface area contributed by atoms with Gasteiger partial charge in [-0.05, 0) is 12.3 Å². The highest BCUT2D eigenvalue weighted by Crippen LogP contribution is 2.26. The van der Waals surface area contributed by atoms with E-state index in [1.54, 1.807) is 0 Å². The zero-order valence-corrected chi connectivity index (χ0v) is 7.74. The van der Waals surface area contributed by atoms with Gasteiger partial charge in [0, 0.05) is 0 Å². The normalized spacial score (nSPS) is 16.4. The molecule has 0 aliphatic carbocycles. The topological polar surface area (TPSA) is 64.9 Å². The van der Waals surface area contributed by atoms with Crippen LogP contribution in [0.1, 0.15) is 33.0 Å². The molecule has 0 radical (unpaired) electrons. The fourth-order valence-corrected chi connectivity index (χ4v) is 1.20. The maximum absolute atomic E-state index is 6.12. The van der Waals surface area contributed by atoms with Crippen LogP contribution in [0.3, 0.4) is 0 Å². The van der Waals surface area contributed by atoms with Crippen molar-refractivity contribution in [1.29, 1.82) is 0 Å². The number of hydrogen-bond acceptors (Lipinski definition) is 4. The van der Waals surface area contributed by atoms with Crippen molar-refractivity contribution >= 4 is 0 Å². The van der Waals surface area contributed by atoms with Gasteiger partial charge in [-0.25, -0.2) is 0 Å². The zero-order chi connectivity index (χ0) is 9.19. The van der Waals surface area contributed by atoms with E-state index in [1.807, 2.05) is 6.92 Å². The molecule has 0 aromatic carbocycles. The quantitative estimate of drug-likeness (QED) is 0.740. The van der Waals surface area contributed by atoms with Crippen molar-refractivity contribution in [3.05, 3.63) is 12.2 Å². The number of aromatic nitrogens is 2. The Bertz CT molecular complexity index is 232. The molecule has 12 heavy (non-hydrogen) atoms. The second kappa shape index (κ2) is 3.23. The molecular formula is C8H15N3O. The third-order valence-electron chi connectivity index (χ3n) is 2.39. The Balaban J connectivity index is 2.96. The Morgan fingerprint density at radius 2 is 2.33 bits per heavy atom. The fourth-order valence-electron chi connectivity index (χ4n) is 1.20. The van der Waals surface area contributed by atoms with Gasteiger partial charge in [0.2, 0.25) is 6.39 Å². The lowest BCUT2D eigenvalue weighted by Gasteiger charge is -2.28. The van der Waals surface area contributed by atoms with Gasteiger partial charge in [-0.2, -0.15) is 4.98 Å². The minimum Gasteiger partial charge on any atom is -0.343 e. The van der Waals surface area contributed by atoms with Crippen molar-refractivity contribution in [1.82, 2.24) is 10.1 Å². The molecule has 0 amide bonds. The molecule has 1 rings (SSSR count). The average molecular weight is 169 g/mol. The molecule has 0 fully saturated rings. The van der Waals surface area contributed by atoms with Gasteiger partial charge >= 0.3 is 0 Å². The summed E-state index contributed by atoms with van der Waals surface area (Å²) >= 11 is 0. The van der Waals surface area contributed by atoms with Crippen LogP contribution in [-0.2, 0) is 5.54 Å². The molecule has 0 bridgehead atoms. The van der Waals surface area contributed by atoms with E-state index in [4.69, 9.17) is 5.73 Å². The van der Waals surface area contributed by atoms with Crippen LogP contribution < -0.4 is 5.73 Å². The van der Waals surface area contributed by atoms with Gasteiger partial charge in [-0.1, -0.05) is 25.9 Å². The van der Waals surface area contributed by atoms with Gasteiger partial charge in [0.05, 0.1) is 5.54 Å². The predicted molar refractivity (Wildman–Crippen MR) is 45.3 cm³/mol. The molecular weight excluding hydrogens is 154 g/mol. The molecule has 1 aromatic heterocycles. The SMILES string of the molecule is CCC(N)(c1ncon1)C(C)C. The summed E-state index contributed by atoms with van der Waals surface area (Å²) in [5.74, 6) is 0.903. The summed E-state index contributed by atoms with van der Waals surface area (Å²) in [5, 5.41) is 3.77. The van der Waals surface area contributed by atoms with Crippen LogP contribution in [0.25, 0.3) is 0 Å². The Morgan fingerprint density at radius 1 is 1.67 bits per heavy atom. The summed E-state index contributed by atoms with van der Waals surface area (Å²) in [6.07, 6.45) is 2.12. The first-order valence-corrected chi connectivity index (χ1v) is 4.17. The molecule has 1 aromatic rings. The molecule has 2 N–H and O–H groups in total. The molecule has 0 saturated carbocycles. The van der Waals surface area contributed by atoms with Crippen molar-refractivity contribution in [2.75, 3.05) is 0 Å². The van der Waals surface area contributed by atoms with Gasteiger partial charge in [-0.15, -0.1) is 0 Å². The van der Waals surface area contributed by atoms with Gasteiger partial charge in [0.15, 0.2) is 5.82 Å². The molecule has 4 nitrogen and oxygen atoms in total. The molecule has 0 aliphatic rings. The first-order chi connectivity index (χ1) is 5.61. The number of nitrogens with two attached hydrogens (primary N) is 1. The number of hydrogen-bond donors (Lipinski definition) is 1. The van der Waals surface area contributed by atoms with E-state index < -0.39 is 5.54 Å². The standard InChI is InChI=1S/C8H15N3O/c1-4-8(9,6(2)3)7-10-5-12-11-7/h5-6H,4,9H2,1-3H3. The Morgan fingerprint density at radius 3 is 2.67 bits per heavy atom. The first-order valence-electron chi connectivity index (χ1n) is 4.17. The smallest absolute Gasteiger partial charge is 0.213 e. The van der Waals surface area contributed by atoms with Crippen LogP contribution in [0.2, 0.25) is 0 Å². The summed E-state index contributed by atoms with van der Waals surface area (Å²) in [6.45, 7) is 6.14. The van der Waals surface area contributed by atoms with E-state index in [0.29, 0.717) is 11.7 Å². The van der Waals surface area contributed by atoms with Crippen molar-refractivity contribution in [2.45, 2.75) is 32.7 Å². The second-order valence-electron chi connectivity index (χ2n) is 3.30. The van der Waals surface area contributed by atoms with Crippen molar-refractivity contribution in [3.8, 4) is 0 Å². The Kier molecular flexibility index (Phi) is 2.47. The summed E-state index contributed by atoms with van der Waals surface area (Å²) in [6, 6.07) is 0. The van der Waals surface area contributed by atoms with Crippen LogP contribution in [0, 0.1) is 5.92 Å². The monoisotopic (exact) mass is 169 g/mol. The third kappa shape index (κ3) is 1.34. The van der Waals surface area contributed by atoms with Crippen LogP contribution >= 0.6 is 0 Å². The minimum atomic E-state index is -0.451. The van der Waals surface area contributed by atoms with Crippen molar-refractivity contribution in [2.24, 2.45) is 11.7 Å². The molecule has 4 heteroatoms. The van der Waals surface area contributed by atoms with Gasteiger partial charge in [0.1, 0.15) is 0 Å². The van der Waals surface area contributed by atoms with Gasteiger partial charge in [0.25, 0.3) is 0 Å². The van der Waals surface area contributed by atoms with E-state index in [2.05, 4.69) is 28.5 Å². The maximum atomic E-state index is 6.12. The molecule has 68 valence electrons. The van der Waals surface area contributed by atoms with Crippen LogP contribution in [-0.4, -0.2) is 10.1 Å². The van der Waals surface area contributed by atoms with Crippen LogP contribution in [0.15, 0.2) is 10.9 Å². The highest BCUT2D eigenvalue weighted by Gasteiger charge is 2.33. The number of nitrogens with zero attached hydrogens (tertiary/aromatic N) is 2. The van der Waals surface area contributed by atoms with Crippen LogP contribution in [0.5, 0.6) is 0 Å². The van der Waals surface area contributed by atoms with Gasteiger partial charge < -0.3 is 10.3 Å². The highest BCUT2D eigenvalue weighted by molar-refractivity contribution is 5.02.